The van der Waals surface area contributed by atoms with Gasteiger partial charge in [0.15, 0.2) is 0 Å². The van der Waals surface area contributed by atoms with Crippen LogP contribution < -0.4 is 5.32 Å². The van der Waals surface area contributed by atoms with Crippen molar-refractivity contribution >= 4 is 11.9 Å². The lowest BCUT2D eigenvalue weighted by atomic mass is 9.88. The highest BCUT2D eigenvalue weighted by Gasteiger charge is 2.17. The van der Waals surface area contributed by atoms with Crippen molar-refractivity contribution < 1.29 is 14.3 Å². The Bertz CT molecular complexity index is 586. The van der Waals surface area contributed by atoms with Gasteiger partial charge in [0.05, 0.1) is 13.5 Å². The minimum Gasteiger partial charge on any atom is -0.469 e. The van der Waals surface area contributed by atoms with Crippen molar-refractivity contribution in [3.63, 3.8) is 0 Å². The molecule has 2 rings (SSSR count). The smallest absolute Gasteiger partial charge is 0.307 e. The average molecular weight is 311 g/mol. The summed E-state index contributed by atoms with van der Waals surface area (Å²) < 4.78 is 4.56. The number of carbonyl (C=O) groups excluding carboxylic acids is 2. The lowest BCUT2D eigenvalue weighted by Crippen LogP contribution is -2.27. The second-order valence-corrected chi connectivity index (χ2v) is 5.25. The standard InChI is InChI=1S/C19H21NO3/c1-23-19(22)12-13-20-18(21)14-17(15-8-4-2-5-9-15)16-10-6-3-7-11-16/h2-11,17H,12-14H2,1H3,(H,20,21). The number of rotatable bonds is 7. The van der Waals surface area contributed by atoms with E-state index < -0.39 is 0 Å². The van der Waals surface area contributed by atoms with Crippen molar-refractivity contribution in [2.45, 2.75) is 18.8 Å². The van der Waals surface area contributed by atoms with Crippen LogP contribution in [0.15, 0.2) is 60.7 Å². The molecule has 0 saturated carbocycles. The molecular weight excluding hydrogens is 290 g/mol. The van der Waals surface area contributed by atoms with Gasteiger partial charge >= 0.3 is 5.97 Å². The van der Waals surface area contributed by atoms with Crippen LogP contribution >= 0.6 is 0 Å². The highest BCUT2D eigenvalue weighted by atomic mass is 16.5. The lowest BCUT2D eigenvalue weighted by Gasteiger charge is -2.17. The maximum atomic E-state index is 12.2. The van der Waals surface area contributed by atoms with Crippen molar-refractivity contribution in [2.75, 3.05) is 13.7 Å². The molecule has 1 N–H and O–H groups in total. The van der Waals surface area contributed by atoms with Crippen LogP contribution in [0.25, 0.3) is 0 Å². The summed E-state index contributed by atoms with van der Waals surface area (Å²) in [5.74, 6) is -0.407. The molecule has 0 aliphatic rings. The van der Waals surface area contributed by atoms with Crippen LogP contribution in [0.5, 0.6) is 0 Å². The fourth-order valence-electron chi connectivity index (χ4n) is 2.46. The monoisotopic (exact) mass is 311 g/mol. The molecule has 0 atom stereocenters. The van der Waals surface area contributed by atoms with Crippen LogP contribution in [-0.4, -0.2) is 25.5 Å². The molecule has 23 heavy (non-hydrogen) atoms. The number of amides is 1. The Morgan fingerprint density at radius 3 is 1.96 bits per heavy atom. The third-order valence-corrected chi connectivity index (χ3v) is 3.67. The molecule has 1 amide bonds. The van der Waals surface area contributed by atoms with Crippen molar-refractivity contribution in [3.8, 4) is 0 Å². The molecule has 0 bridgehead atoms. The number of esters is 1. The largest absolute Gasteiger partial charge is 0.469 e. The summed E-state index contributed by atoms with van der Waals surface area (Å²) in [7, 11) is 1.34. The fraction of sp³-hybridized carbons (Fsp3) is 0.263. The van der Waals surface area contributed by atoms with Crippen LogP contribution in [-0.2, 0) is 14.3 Å². The van der Waals surface area contributed by atoms with E-state index in [4.69, 9.17) is 0 Å². The van der Waals surface area contributed by atoms with Crippen LogP contribution in [0.4, 0.5) is 0 Å². The van der Waals surface area contributed by atoms with Gasteiger partial charge < -0.3 is 10.1 Å². The van der Waals surface area contributed by atoms with E-state index in [0.29, 0.717) is 13.0 Å². The molecule has 2 aromatic rings. The normalized spacial score (nSPS) is 10.3. The molecular formula is C19H21NO3. The third-order valence-electron chi connectivity index (χ3n) is 3.67. The minimum atomic E-state index is -0.326. The molecule has 0 spiro atoms. The molecule has 0 radical (unpaired) electrons. The quantitative estimate of drug-likeness (QED) is 0.800. The molecule has 0 unspecified atom stereocenters. The first-order valence-electron chi connectivity index (χ1n) is 7.64. The molecule has 0 saturated heterocycles. The van der Waals surface area contributed by atoms with Crippen LogP contribution in [0.3, 0.4) is 0 Å². The van der Waals surface area contributed by atoms with Gasteiger partial charge in [0.25, 0.3) is 0 Å². The van der Waals surface area contributed by atoms with E-state index in [1.54, 1.807) is 0 Å². The molecule has 4 nitrogen and oxygen atoms in total. The third kappa shape index (κ3) is 5.25. The summed E-state index contributed by atoms with van der Waals surface area (Å²) in [5.41, 5.74) is 2.20. The van der Waals surface area contributed by atoms with E-state index >= 15 is 0 Å². The van der Waals surface area contributed by atoms with Crippen molar-refractivity contribution in [1.29, 1.82) is 0 Å². The summed E-state index contributed by atoms with van der Waals surface area (Å²) >= 11 is 0. The number of carbonyl (C=O) groups is 2. The van der Waals surface area contributed by atoms with Gasteiger partial charge in [-0.1, -0.05) is 60.7 Å². The van der Waals surface area contributed by atoms with Crippen LogP contribution in [0.1, 0.15) is 29.9 Å². The van der Waals surface area contributed by atoms with Crippen molar-refractivity contribution in [1.82, 2.24) is 5.32 Å². The van der Waals surface area contributed by atoms with Gasteiger partial charge in [-0.3, -0.25) is 9.59 Å². The van der Waals surface area contributed by atoms with E-state index in [2.05, 4.69) is 10.1 Å². The van der Waals surface area contributed by atoms with Gasteiger partial charge in [0, 0.05) is 18.9 Å². The van der Waals surface area contributed by atoms with Gasteiger partial charge in [-0.25, -0.2) is 0 Å². The van der Waals surface area contributed by atoms with E-state index in [9.17, 15) is 9.59 Å². The molecule has 0 aromatic heterocycles. The SMILES string of the molecule is COC(=O)CCNC(=O)CC(c1ccccc1)c1ccccc1. The zero-order valence-corrected chi connectivity index (χ0v) is 13.2. The Balaban J connectivity index is 2.04. The second-order valence-electron chi connectivity index (χ2n) is 5.25. The topological polar surface area (TPSA) is 55.4 Å². The van der Waals surface area contributed by atoms with Gasteiger partial charge in [0.1, 0.15) is 0 Å². The lowest BCUT2D eigenvalue weighted by molar-refractivity contribution is -0.140. The molecule has 2 aromatic carbocycles. The van der Waals surface area contributed by atoms with E-state index in [1.165, 1.54) is 7.11 Å². The Morgan fingerprint density at radius 2 is 1.48 bits per heavy atom. The number of ether oxygens (including phenoxy) is 1. The zero-order valence-electron chi connectivity index (χ0n) is 13.2. The number of methoxy groups -OCH3 is 1. The highest BCUT2D eigenvalue weighted by molar-refractivity contribution is 5.78. The predicted octanol–water partition coefficient (Wildman–Crippen LogP) is 2.89. The summed E-state index contributed by atoms with van der Waals surface area (Å²) in [6, 6.07) is 19.9. The summed E-state index contributed by atoms with van der Waals surface area (Å²) in [6.45, 7) is 0.293. The second kappa shape index (κ2) is 8.73. The summed E-state index contributed by atoms with van der Waals surface area (Å²) in [6.07, 6.45) is 0.527. The van der Waals surface area contributed by atoms with Crippen LogP contribution in [0, 0.1) is 0 Å². The average Bonchev–Trinajstić information content (AvgIpc) is 2.61. The molecule has 0 aliphatic carbocycles. The molecule has 0 heterocycles. The fourth-order valence-corrected chi connectivity index (χ4v) is 2.46. The van der Waals surface area contributed by atoms with Gasteiger partial charge in [-0.2, -0.15) is 0 Å². The first-order chi connectivity index (χ1) is 11.2. The maximum Gasteiger partial charge on any atom is 0.307 e. The van der Waals surface area contributed by atoms with Gasteiger partial charge in [-0.15, -0.1) is 0 Å². The Labute approximate surface area is 136 Å². The Kier molecular flexibility index (Phi) is 6.36. The molecule has 120 valence electrons. The number of hydrogen-bond acceptors (Lipinski definition) is 3. The summed E-state index contributed by atoms with van der Waals surface area (Å²) in [4.78, 5) is 23.3. The van der Waals surface area contributed by atoms with Crippen molar-refractivity contribution in [3.05, 3.63) is 71.8 Å². The Morgan fingerprint density at radius 1 is 0.957 bits per heavy atom. The molecule has 0 aliphatic heterocycles. The predicted molar refractivity (Wildman–Crippen MR) is 89.0 cm³/mol. The van der Waals surface area contributed by atoms with E-state index in [0.717, 1.165) is 11.1 Å². The zero-order chi connectivity index (χ0) is 16.5. The highest BCUT2D eigenvalue weighted by Crippen LogP contribution is 2.27. The molecule has 4 heteroatoms. The first kappa shape index (κ1) is 16.7. The number of nitrogens with one attached hydrogen (secondary N) is 1. The number of hydrogen-bond donors (Lipinski definition) is 1. The van der Waals surface area contributed by atoms with Crippen LogP contribution in [0.2, 0.25) is 0 Å². The number of benzene rings is 2. The van der Waals surface area contributed by atoms with E-state index in [-0.39, 0.29) is 24.2 Å². The van der Waals surface area contributed by atoms with Gasteiger partial charge in [-0.05, 0) is 11.1 Å². The molecule has 0 fully saturated rings. The Hall–Kier alpha value is -2.62. The van der Waals surface area contributed by atoms with Gasteiger partial charge in [0.2, 0.25) is 5.91 Å². The van der Waals surface area contributed by atoms with Crippen molar-refractivity contribution in [2.24, 2.45) is 0 Å². The summed E-state index contributed by atoms with van der Waals surface area (Å²) in [5, 5.41) is 2.78. The maximum absolute atomic E-state index is 12.2. The first-order valence-corrected chi connectivity index (χ1v) is 7.64. The minimum absolute atomic E-state index is 0.00414. The van der Waals surface area contributed by atoms with E-state index in [1.807, 2.05) is 60.7 Å².